The number of aryl methyl sites for hydroxylation is 2. The predicted octanol–water partition coefficient (Wildman–Crippen LogP) is 4.11. The topological polar surface area (TPSA) is 89.9 Å². The third kappa shape index (κ3) is 2.76. The minimum Gasteiger partial charge on any atom is -0.487 e. The number of hydrogen-bond donors (Lipinski definition) is 1. The minimum absolute atomic E-state index is 0.0863. The van der Waals surface area contributed by atoms with Crippen LogP contribution in [-0.2, 0) is 19.4 Å². The van der Waals surface area contributed by atoms with Crippen LogP contribution in [0.25, 0.3) is 11.0 Å². The number of hydrogen-bond acceptors (Lipinski definition) is 5. The number of benzene rings is 1. The zero-order valence-corrected chi connectivity index (χ0v) is 14.7. The van der Waals surface area contributed by atoms with E-state index in [2.05, 4.69) is 0 Å². The van der Waals surface area contributed by atoms with Gasteiger partial charge >= 0.3 is 11.6 Å². The third-order valence-electron chi connectivity index (χ3n) is 4.64. The van der Waals surface area contributed by atoms with E-state index in [4.69, 9.17) is 30.3 Å². The summed E-state index contributed by atoms with van der Waals surface area (Å²) in [5.74, 6) is -0.465. The zero-order chi connectivity index (χ0) is 18.4. The fourth-order valence-corrected chi connectivity index (χ4v) is 3.54. The van der Waals surface area contributed by atoms with Gasteiger partial charge in [0.1, 0.15) is 23.7 Å². The molecule has 4 rings (SSSR count). The molecule has 1 aromatic carbocycles. The summed E-state index contributed by atoms with van der Waals surface area (Å²) in [6, 6.07) is 4.77. The van der Waals surface area contributed by atoms with E-state index in [1.807, 2.05) is 0 Å². The summed E-state index contributed by atoms with van der Waals surface area (Å²) >= 11 is 6.34. The van der Waals surface area contributed by atoms with E-state index in [9.17, 15) is 9.59 Å². The molecule has 0 bridgehead atoms. The van der Waals surface area contributed by atoms with E-state index in [1.54, 1.807) is 19.1 Å². The van der Waals surface area contributed by atoms with Crippen molar-refractivity contribution in [2.24, 2.45) is 0 Å². The molecule has 26 heavy (non-hydrogen) atoms. The van der Waals surface area contributed by atoms with Gasteiger partial charge in [0.2, 0.25) is 5.76 Å². The molecule has 0 spiro atoms. The molecule has 3 aromatic rings. The molecule has 1 N–H and O–H groups in total. The maximum atomic E-state index is 12.1. The first-order chi connectivity index (χ1) is 12.4. The predicted molar refractivity (Wildman–Crippen MR) is 94.3 cm³/mol. The van der Waals surface area contributed by atoms with E-state index in [0.717, 1.165) is 35.8 Å². The van der Waals surface area contributed by atoms with Gasteiger partial charge in [-0.3, -0.25) is 0 Å². The van der Waals surface area contributed by atoms with E-state index in [1.165, 1.54) is 6.07 Å². The Labute approximate surface area is 152 Å². The first-order valence-electron chi connectivity index (χ1n) is 8.17. The summed E-state index contributed by atoms with van der Waals surface area (Å²) < 4.78 is 16.3. The number of fused-ring (bicyclic) bond motifs is 3. The van der Waals surface area contributed by atoms with Crippen molar-refractivity contribution in [3.8, 4) is 5.75 Å². The number of ether oxygens (including phenoxy) is 1. The van der Waals surface area contributed by atoms with Gasteiger partial charge in [-0.05, 0) is 43.9 Å². The van der Waals surface area contributed by atoms with Gasteiger partial charge in [-0.2, -0.15) is 0 Å². The first-order valence-corrected chi connectivity index (χ1v) is 8.55. The lowest BCUT2D eigenvalue weighted by Gasteiger charge is -2.10. The number of furan rings is 1. The maximum absolute atomic E-state index is 12.1. The van der Waals surface area contributed by atoms with Crippen molar-refractivity contribution >= 4 is 28.5 Å². The fourth-order valence-electron chi connectivity index (χ4n) is 3.32. The molecule has 0 saturated carbocycles. The summed E-state index contributed by atoms with van der Waals surface area (Å²) in [4.78, 5) is 23.1. The van der Waals surface area contributed by atoms with Crippen LogP contribution in [-0.4, -0.2) is 11.1 Å². The summed E-state index contributed by atoms with van der Waals surface area (Å²) in [5, 5.41) is 10.2. The molecule has 0 aliphatic heterocycles. The number of halogens is 1. The fraction of sp³-hybridized carbons (Fsp3) is 0.263. The monoisotopic (exact) mass is 374 g/mol. The minimum atomic E-state index is -1.14. The highest BCUT2D eigenvalue weighted by Crippen LogP contribution is 2.35. The quantitative estimate of drug-likeness (QED) is 0.691. The molecule has 134 valence electrons. The number of carbonyl (C=O) groups is 1. The van der Waals surface area contributed by atoms with Crippen molar-refractivity contribution in [3.05, 3.63) is 61.9 Å². The van der Waals surface area contributed by atoms with Gasteiger partial charge in [-0.25, -0.2) is 9.59 Å². The van der Waals surface area contributed by atoms with Gasteiger partial charge in [-0.15, -0.1) is 0 Å². The number of carboxylic acids is 1. The van der Waals surface area contributed by atoms with E-state index in [-0.39, 0.29) is 18.0 Å². The first kappa shape index (κ1) is 16.7. The lowest BCUT2D eigenvalue weighted by Crippen LogP contribution is -2.07. The highest BCUT2D eigenvalue weighted by molar-refractivity contribution is 6.32. The van der Waals surface area contributed by atoms with Crippen molar-refractivity contribution in [2.75, 3.05) is 0 Å². The molecule has 0 unspecified atom stereocenters. The molecule has 0 radical (unpaired) electrons. The highest BCUT2D eigenvalue weighted by atomic mass is 35.5. The molecule has 0 atom stereocenters. The molecule has 0 fully saturated rings. The second-order valence-corrected chi connectivity index (χ2v) is 6.67. The van der Waals surface area contributed by atoms with Crippen LogP contribution in [0.4, 0.5) is 0 Å². The second kappa shape index (κ2) is 6.21. The Morgan fingerprint density at radius 1 is 1.23 bits per heavy atom. The number of carboxylic acid groups (broad SMARTS) is 1. The Bertz CT molecular complexity index is 1090. The molecule has 0 saturated heterocycles. The lowest BCUT2D eigenvalue weighted by atomic mass is 10.1. The Morgan fingerprint density at radius 2 is 2.00 bits per heavy atom. The van der Waals surface area contributed by atoms with Crippen LogP contribution in [0.5, 0.6) is 5.75 Å². The molecule has 1 aliphatic rings. The molecule has 7 heteroatoms. The van der Waals surface area contributed by atoms with Gasteiger partial charge in [-0.1, -0.05) is 11.6 Å². The average Bonchev–Trinajstić information content (AvgIpc) is 3.21. The molecule has 2 aromatic heterocycles. The molecule has 6 nitrogen and oxygen atoms in total. The van der Waals surface area contributed by atoms with Gasteiger partial charge < -0.3 is 18.7 Å². The van der Waals surface area contributed by atoms with Crippen molar-refractivity contribution < 1.29 is 23.5 Å². The van der Waals surface area contributed by atoms with E-state index >= 15 is 0 Å². The van der Waals surface area contributed by atoms with Crippen LogP contribution in [0.1, 0.15) is 39.4 Å². The molecule has 0 amide bonds. The molecular formula is C19H15ClO6. The maximum Gasteiger partial charge on any atom is 0.371 e. The summed E-state index contributed by atoms with van der Waals surface area (Å²) in [7, 11) is 0. The molecule has 2 heterocycles. The second-order valence-electron chi connectivity index (χ2n) is 6.26. The Hall–Kier alpha value is -2.73. The largest absolute Gasteiger partial charge is 0.487 e. The summed E-state index contributed by atoms with van der Waals surface area (Å²) in [6.45, 7) is 1.75. The van der Waals surface area contributed by atoms with Crippen LogP contribution in [0.15, 0.2) is 31.8 Å². The highest BCUT2D eigenvalue weighted by Gasteiger charge is 2.21. The van der Waals surface area contributed by atoms with Gasteiger partial charge in [0.15, 0.2) is 0 Å². The van der Waals surface area contributed by atoms with E-state index < -0.39 is 5.97 Å². The number of rotatable bonds is 4. The smallest absolute Gasteiger partial charge is 0.371 e. The van der Waals surface area contributed by atoms with Crippen LogP contribution in [0.3, 0.4) is 0 Å². The SMILES string of the molecule is Cc1oc(C(=O)O)cc1COc1cc2oc(=O)c3c(c2cc1Cl)CCC3. The van der Waals surface area contributed by atoms with Crippen molar-refractivity contribution in [2.45, 2.75) is 32.8 Å². The van der Waals surface area contributed by atoms with Gasteiger partial charge in [0.05, 0.1) is 5.02 Å². The van der Waals surface area contributed by atoms with Crippen molar-refractivity contribution in [1.29, 1.82) is 0 Å². The molecular weight excluding hydrogens is 360 g/mol. The van der Waals surface area contributed by atoms with E-state index in [0.29, 0.717) is 27.7 Å². The van der Waals surface area contributed by atoms with Gasteiger partial charge in [0, 0.05) is 22.6 Å². The Morgan fingerprint density at radius 3 is 2.73 bits per heavy atom. The van der Waals surface area contributed by atoms with Crippen LogP contribution in [0.2, 0.25) is 5.02 Å². The van der Waals surface area contributed by atoms with Crippen molar-refractivity contribution in [3.63, 3.8) is 0 Å². The van der Waals surface area contributed by atoms with Crippen LogP contribution >= 0.6 is 11.6 Å². The normalized spacial score (nSPS) is 13.2. The summed E-state index contributed by atoms with van der Waals surface area (Å²) in [6.07, 6.45) is 2.50. The van der Waals surface area contributed by atoms with Crippen LogP contribution < -0.4 is 10.4 Å². The van der Waals surface area contributed by atoms with Crippen molar-refractivity contribution in [1.82, 2.24) is 0 Å². The third-order valence-corrected chi connectivity index (χ3v) is 4.94. The number of aromatic carboxylic acids is 1. The summed E-state index contributed by atoms with van der Waals surface area (Å²) in [5.41, 5.74) is 2.47. The standard InChI is InChI=1S/C19H15ClO6/c1-9-10(5-17(25-9)18(21)22)8-24-16-7-15-13(6-14(16)20)11-3-2-4-12(11)19(23)26-15/h5-7H,2-4,8H2,1H3,(H,21,22). The Kier molecular flexibility index (Phi) is 4.00. The average molecular weight is 375 g/mol. The lowest BCUT2D eigenvalue weighted by molar-refractivity contribution is 0.0661. The zero-order valence-electron chi connectivity index (χ0n) is 13.9. The van der Waals surface area contributed by atoms with Crippen LogP contribution in [0, 0.1) is 6.92 Å². The Balaban J connectivity index is 1.67. The molecule has 1 aliphatic carbocycles. The van der Waals surface area contributed by atoms with Gasteiger partial charge in [0.25, 0.3) is 0 Å².